The van der Waals surface area contributed by atoms with E-state index in [1.54, 1.807) is 7.11 Å². The number of aryl methyl sites for hydroxylation is 1. The van der Waals surface area contributed by atoms with Gasteiger partial charge in [-0.3, -0.25) is 0 Å². The van der Waals surface area contributed by atoms with Crippen molar-refractivity contribution in [2.75, 3.05) is 19.0 Å². The van der Waals surface area contributed by atoms with Crippen LogP contribution in [0.1, 0.15) is 44.7 Å². The lowest BCUT2D eigenvalue weighted by atomic mass is 9.76. The second kappa shape index (κ2) is 5.55. The molecular weight excluding hydrogens is 226 g/mol. The maximum Gasteiger partial charge on any atom is 0.226 e. The lowest BCUT2D eigenvalue weighted by molar-refractivity contribution is 0.233. The van der Waals surface area contributed by atoms with E-state index in [0.717, 1.165) is 12.2 Å². The highest BCUT2D eigenvalue weighted by atomic mass is 16.5. The van der Waals surface area contributed by atoms with Crippen LogP contribution in [0.15, 0.2) is 6.07 Å². The molecule has 0 atom stereocenters. The predicted molar refractivity (Wildman–Crippen MR) is 73.0 cm³/mol. The molecule has 0 bridgehead atoms. The molecule has 1 aromatic heterocycles. The lowest BCUT2D eigenvalue weighted by Gasteiger charge is -2.33. The van der Waals surface area contributed by atoms with Crippen LogP contribution in [0.2, 0.25) is 0 Å². The highest BCUT2D eigenvalue weighted by Gasteiger charge is 2.26. The van der Waals surface area contributed by atoms with Gasteiger partial charge in [0.05, 0.1) is 7.11 Å². The highest BCUT2D eigenvalue weighted by Crippen LogP contribution is 2.35. The van der Waals surface area contributed by atoms with Gasteiger partial charge in [-0.25, -0.2) is 4.98 Å². The Kier molecular flexibility index (Phi) is 4.04. The standard InChI is InChI=1S/C14H23N3O/c1-11-9-12(18-3)17-13(16-11)15-10-14(2)7-5-4-6-8-14/h9H,4-8,10H2,1-3H3,(H,15,16,17). The fourth-order valence-electron chi connectivity index (χ4n) is 2.60. The number of hydrogen-bond donors (Lipinski definition) is 1. The van der Waals surface area contributed by atoms with Gasteiger partial charge in [-0.15, -0.1) is 0 Å². The molecule has 18 heavy (non-hydrogen) atoms. The third-order valence-electron chi connectivity index (χ3n) is 3.77. The summed E-state index contributed by atoms with van der Waals surface area (Å²) in [5.41, 5.74) is 1.32. The molecule has 1 saturated carbocycles. The summed E-state index contributed by atoms with van der Waals surface area (Å²) in [5, 5.41) is 3.37. The van der Waals surface area contributed by atoms with Crippen LogP contribution in [0, 0.1) is 12.3 Å². The molecule has 1 heterocycles. The number of aromatic nitrogens is 2. The Morgan fingerprint density at radius 1 is 1.28 bits per heavy atom. The van der Waals surface area contributed by atoms with Gasteiger partial charge in [0.1, 0.15) is 0 Å². The van der Waals surface area contributed by atoms with Crippen LogP contribution in [0.5, 0.6) is 5.88 Å². The van der Waals surface area contributed by atoms with Gasteiger partial charge in [-0.05, 0) is 25.2 Å². The average molecular weight is 249 g/mol. The second-order valence-corrected chi connectivity index (χ2v) is 5.60. The van der Waals surface area contributed by atoms with Crippen molar-refractivity contribution in [3.8, 4) is 5.88 Å². The molecule has 1 N–H and O–H groups in total. The minimum Gasteiger partial charge on any atom is -0.481 e. The van der Waals surface area contributed by atoms with Crippen molar-refractivity contribution in [1.82, 2.24) is 9.97 Å². The van der Waals surface area contributed by atoms with Crippen LogP contribution in [-0.2, 0) is 0 Å². The van der Waals surface area contributed by atoms with E-state index in [1.807, 2.05) is 13.0 Å². The summed E-state index contributed by atoms with van der Waals surface area (Å²) in [7, 11) is 1.63. The molecule has 4 heteroatoms. The fourth-order valence-corrected chi connectivity index (χ4v) is 2.60. The minimum absolute atomic E-state index is 0.387. The van der Waals surface area contributed by atoms with E-state index < -0.39 is 0 Å². The number of nitrogens with one attached hydrogen (secondary N) is 1. The van der Waals surface area contributed by atoms with Crippen LogP contribution in [0.4, 0.5) is 5.95 Å². The third-order valence-corrected chi connectivity index (χ3v) is 3.77. The monoisotopic (exact) mass is 249 g/mol. The Morgan fingerprint density at radius 2 is 2.00 bits per heavy atom. The highest BCUT2D eigenvalue weighted by molar-refractivity contribution is 5.30. The number of nitrogens with zero attached hydrogens (tertiary/aromatic N) is 2. The number of rotatable bonds is 4. The second-order valence-electron chi connectivity index (χ2n) is 5.60. The van der Waals surface area contributed by atoms with Crippen molar-refractivity contribution < 1.29 is 4.74 Å². The summed E-state index contributed by atoms with van der Waals surface area (Å²) < 4.78 is 5.16. The van der Waals surface area contributed by atoms with Crippen molar-refractivity contribution in [1.29, 1.82) is 0 Å². The summed E-state index contributed by atoms with van der Waals surface area (Å²) >= 11 is 0. The van der Waals surface area contributed by atoms with Crippen molar-refractivity contribution in [2.24, 2.45) is 5.41 Å². The predicted octanol–water partition coefficient (Wildman–Crippen LogP) is 3.18. The topological polar surface area (TPSA) is 47.0 Å². The van der Waals surface area contributed by atoms with Gasteiger partial charge in [-0.1, -0.05) is 26.2 Å². The van der Waals surface area contributed by atoms with Crippen molar-refractivity contribution >= 4 is 5.95 Å². The number of methoxy groups -OCH3 is 1. The smallest absolute Gasteiger partial charge is 0.226 e. The summed E-state index contributed by atoms with van der Waals surface area (Å²) in [6, 6.07) is 1.84. The first-order chi connectivity index (χ1) is 8.61. The Balaban J connectivity index is 1.98. The number of anilines is 1. The first-order valence-electron chi connectivity index (χ1n) is 6.75. The Labute approximate surface area is 109 Å². The van der Waals surface area contributed by atoms with Gasteiger partial charge in [-0.2, -0.15) is 4.98 Å². The molecule has 0 saturated heterocycles. The molecule has 0 unspecified atom stereocenters. The molecule has 1 aromatic rings. The normalized spacial score (nSPS) is 18.4. The molecule has 4 nitrogen and oxygen atoms in total. The Bertz CT molecular complexity index is 400. The zero-order valence-corrected chi connectivity index (χ0v) is 11.6. The van der Waals surface area contributed by atoms with Gasteiger partial charge in [0.2, 0.25) is 11.8 Å². The molecule has 2 rings (SSSR count). The van der Waals surface area contributed by atoms with Crippen molar-refractivity contribution in [3.63, 3.8) is 0 Å². The summed E-state index contributed by atoms with van der Waals surface area (Å²) in [4.78, 5) is 8.72. The van der Waals surface area contributed by atoms with Gasteiger partial charge in [0.25, 0.3) is 0 Å². The maximum absolute atomic E-state index is 5.16. The van der Waals surface area contributed by atoms with Crippen LogP contribution in [0.25, 0.3) is 0 Å². The van der Waals surface area contributed by atoms with Crippen LogP contribution in [-0.4, -0.2) is 23.6 Å². The van der Waals surface area contributed by atoms with Crippen LogP contribution >= 0.6 is 0 Å². The summed E-state index contributed by atoms with van der Waals surface area (Å²) in [6.45, 7) is 5.25. The van der Waals surface area contributed by atoms with Gasteiger partial charge >= 0.3 is 0 Å². The zero-order chi connectivity index (χ0) is 13.0. The molecule has 0 radical (unpaired) electrons. The van der Waals surface area contributed by atoms with E-state index in [1.165, 1.54) is 32.1 Å². The number of hydrogen-bond acceptors (Lipinski definition) is 4. The molecule has 1 aliphatic rings. The first-order valence-corrected chi connectivity index (χ1v) is 6.75. The van der Waals surface area contributed by atoms with Crippen molar-refractivity contribution in [3.05, 3.63) is 11.8 Å². The maximum atomic E-state index is 5.16. The first kappa shape index (κ1) is 13.1. The lowest BCUT2D eigenvalue weighted by Crippen LogP contribution is -2.29. The zero-order valence-electron chi connectivity index (χ0n) is 11.6. The van der Waals surface area contributed by atoms with Crippen molar-refractivity contribution in [2.45, 2.75) is 46.0 Å². The van der Waals surface area contributed by atoms with Crippen LogP contribution in [0.3, 0.4) is 0 Å². The molecule has 0 aliphatic heterocycles. The summed E-state index contributed by atoms with van der Waals surface area (Å²) in [5.74, 6) is 1.30. The van der Waals surface area contributed by atoms with E-state index >= 15 is 0 Å². The average Bonchev–Trinajstić information content (AvgIpc) is 2.37. The third kappa shape index (κ3) is 3.34. The molecular formula is C14H23N3O. The molecule has 0 aromatic carbocycles. The molecule has 100 valence electrons. The van der Waals surface area contributed by atoms with E-state index in [2.05, 4.69) is 22.2 Å². The van der Waals surface area contributed by atoms with Crippen LogP contribution < -0.4 is 10.1 Å². The van der Waals surface area contributed by atoms with E-state index in [9.17, 15) is 0 Å². The Hall–Kier alpha value is -1.32. The van der Waals surface area contributed by atoms with E-state index in [4.69, 9.17) is 4.74 Å². The molecule has 1 fully saturated rings. The quantitative estimate of drug-likeness (QED) is 0.890. The summed E-state index contributed by atoms with van der Waals surface area (Å²) in [6.07, 6.45) is 6.66. The minimum atomic E-state index is 0.387. The SMILES string of the molecule is COc1cc(C)nc(NCC2(C)CCCCC2)n1. The Morgan fingerprint density at radius 3 is 2.67 bits per heavy atom. The van der Waals surface area contributed by atoms with E-state index in [0.29, 0.717) is 17.2 Å². The number of ether oxygens (including phenoxy) is 1. The van der Waals surface area contributed by atoms with Gasteiger partial charge in [0.15, 0.2) is 0 Å². The van der Waals surface area contributed by atoms with Gasteiger partial charge in [0, 0.05) is 18.3 Å². The largest absolute Gasteiger partial charge is 0.481 e. The fraction of sp³-hybridized carbons (Fsp3) is 0.714. The van der Waals surface area contributed by atoms with Gasteiger partial charge < -0.3 is 10.1 Å². The molecule has 1 aliphatic carbocycles. The van der Waals surface area contributed by atoms with E-state index in [-0.39, 0.29) is 0 Å². The molecule has 0 amide bonds. The molecule has 0 spiro atoms.